The summed E-state index contributed by atoms with van der Waals surface area (Å²) in [5.74, 6) is -2.93. The number of morpholine rings is 1. The van der Waals surface area contributed by atoms with Crippen LogP contribution in [0.15, 0.2) is 12.1 Å². The molecule has 0 saturated carbocycles. The van der Waals surface area contributed by atoms with Crippen LogP contribution in [-0.4, -0.2) is 61.8 Å². The quantitative estimate of drug-likeness (QED) is 0.916. The number of carbonyl (C=O) groups is 1. The molecule has 2 saturated heterocycles. The van der Waals surface area contributed by atoms with Crippen molar-refractivity contribution >= 4 is 11.7 Å². The summed E-state index contributed by atoms with van der Waals surface area (Å²) in [4.78, 5) is 16.0. The van der Waals surface area contributed by atoms with Gasteiger partial charge in [-0.15, -0.1) is 0 Å². The summed E-state index contributed by atoms with van der Waals surface area (Å²) >= 11 is 0. The first-order valence-electron chi connectivity index (χ1n) is 8.03. The second-order valence-corrected chi connectivity index (χ2v) is 6.19. The van der Waals surface area contributed by atoms with E-state index in [0.29, 0.717) is 31.1 Å². The maximum absolute atomic E-state index is 13.6. The van der Waals surface area contributed by atoms with Gasteiger partial charge in [-0.25, -0.2) is 18.0 Å². The predicted octanol–water partition coefficient (Wildman–Crippen LogP) is 2.29. The molecule has 2 aliphatic rings. The largest absolute Gasteiger partial charge is 0.379 e. The third-order valence-electron chi connectivity index (χ3n) is 4.43. The number of hydrogen-bond donors (Lipinski definition) is 1. The molecule has 3 rings (SSSR count). The van der Waals surface area contributed by atoms with Crippen molar-refractivity contribution < 1.29 is 22.7 Å². The molecule has 0 aromatic heterocycles. The number of rotatable bonds is 3. The third kappa shape index (κ3) is 3.99. The van der Waals surface area contributed by atoms with Gasteiger partial charge in [-0.1, -0.05) is 0 Å². The fourth-order valence-electron chi connectivity index (χ4n) is 3.16. The molecule has 1 aromatic rings. The maximum Gasteiger partial charge on any atom is 0.322 e. The van der Waals surface area contributed by atoms with Crippen LogP contribution in [0.4, 0.5) is 23.7 Å². The van der Waals surface area contributed by atoms with Crippen molar-refractivity contribution in [3.05, 3.63) is 29.6 Å². The van der Waals surface area contributed by atoms with Gasteiger partial charge in [-0.2, -0.15) is 0 Å². The molecule has 1 unspecified atom stereocenters. The number of carbonyl (C=O) groups excluding carboxylic acids is 1. The standard InChI is InChI=1S/C16H20F3N3O2/c17-12-7-13(18)15(14(19)8-12)20-16(23)22-2-1-11(10-22)9-21-3-5-24-6-4-21/h7-8,11H,1-6,9-10H2,(H,20,23). The van der Waals surface area contributed by atoms with Crippen LogP contribution in [0.5, 0.6) is 0 Å². The molecule has 0 spiro atoms. The molecule has 0 bridgehead atoms. The van der Waals surface area contributed by atoms with Crippen molar-refractivity contribution in [2.75, 3.05) is 51.3 Å². The molecule has 1 atom stereocenters. The lowest BCUT2D eigenvalue weighted by Gasteiger charge is -2.29. The first-order valence-corrected chi connectivity index (χ1v) is 8.03. The van der Waals surface area contributed by atoms with Gasteiger partial charge in [0.2, 0.25) is 0 Å². The highest BCUT2D eigenvalue weighted by molar-refractivity contribution is 5.89. The summed E-state index contributed by atoms with van der Waals surface area (Å²) in [7, 11) is 0. The van der Waals surface area contributed by atoms with E-state index in [4.69, 9.17) is 4.74 Å². The van der Waals surface area contributed by atoms with Gasteiger partial charge in [0.05, 0.1) is 13.2 Å². The third-order valence-corrected chi connectivity index (χ3v) is 4.43. The second kappa shape index (κ2) is 7.40. The SMILES string of the molecule is O=C(Nc1c(F)cc(F)cc1F)N1CCC(CN2CCOCC2)C1. The van der Waals surface area contributed by atoms with E-state index >= 15 is 0 Å². The van der Waals surface area contributed by atoms with Crippen LogP contribution in [0.3, 0.4) is 0 Å². The first kappa shape index (κ1) is 17.0. The number of urea groups is 1. The number of hydrogen-bond acceptors (Lipinski definition) is 3. The number of amides is 2. The van der Waals surface area contributed by atoms with Crippen LogP contribution >= 0.6 is 0 Å². The minimum atomic E-state index is -1.12. The summed E-state index contributed by atoms with van der Waals surface area (Å²) in [5.41, 5.74) is -0.613. The van der Waals surface area contributed by atoms with Crippen molar-refractivity contribution in [1.29, 1.82) is 0 Å². The summed E-state index contributed by atoms with van der Waals surface area (Å²) in [5, 5.41) is 2.21. The van der Waals surface area contributed by atoms with Crippen molar-refractivity contribution in [2.45, 2.75) is 6.42 Å². The van der Waals surface area contributed by atoms with Crippen LogP contribution in [0.2, 0.25) is 0 Å². The highest BCUT2D eigenvalue weighted by Gasteiger charge is 2.29. The highest BCUT2D eigenvalue weighted by Crippen LogP contribution is 2.23. The van der Waals surface area contributed by atoms with Gasteiger partial charge >= 0.3 is 6.03 Å². The molecule has 1 aromatic carbocycles. The predicted molar refractivity (Wildman–Crippen MR) is 82.3 cm³/mol. The van der Waals surface area contributed by atoms with Crippen LogP contribution in [-0.2, 0) is 4.74 Å². The van der Waals surface area contributed by atoms with E-state index in [1.165, 1.54) is 4.90 Å². The van der Waals surface area contributed by atoms with Gasteiger partial charge < -0.3 is 15.0 Å². The molecule has 5 nitrogen and oxygen atoms in total. The minimum absolute atomic E-state index is 0.330. The topological polar surface area (TPSA) is 44.8 Å². The number of nitrogens with zero attached hydrogens (tertiary/aromatic N) is 2. The molecule has 0 aliphatic carbocycles. The summed E-state index contributed by atoms with van der Waals surface area (Å²) < 4.78 is 45.4. The monoisotopic (exact) mass is 343 g/mol. The van der Waals surface area contributed by atoms with E-state index in [2.05, 4.69) is 10.2 Å². The van der Waals surface area contributed by atoms with E-state index in [-0.39, 0.29) is 0 Å². The number of likely N-dealkylation sites (tertiary alicyclic amines) is 1. The fraction of sp³-hybridized carbons (Fsp3) is 0.562. The molecule has 1 N–H and O–H groups in total. The summed E-state index contributed by atoms with van der Waals surface area (Å²) in [6, 6.07) is 0.525. The lowest BCUT2D eigenvalue weighted by atomic mass is 10.1. The molecular weight excluding hydrogens is 323 g/mol. The smallest absolute Gasteiger partial charge is 0.322 e. The normalized spacial score (nSPS) is 22.0. The molecule has 2 aliphatic heterocycles. The van der Waals surface area contributed by atoms with Crippen molar-refractivity contribution in [3.63, 3.8) is 0 Å². The molecule has 24 heavy (non-hydrogen) atoms. The van der Waals surface area contributed by atoms with Crippen LogP contribution in [0, 0.1) is 23.4 Å². The van der Waals surface area contributed by atoms with Crippen LogP contribution in [0.1, 0.15) is 6.42 Å². The van der Waals surface area contributed by atoms with E-state index in [0.717, 1.165) is 39.3 Å². The Bertz CT molecular complexity index is 585. The van der Waals surface area contributed by atoms with Gasteiger partial charge in [-0.3, -0.25) is 4.90 Å². The van der Waals surface area contributed by atoms with Crippen LogP contribution < -0.4 is 5.32 Å². The van der Waals surface area contributed by atoms with E-state index < -0.39 is 29.2 Å². The number of ether oxygens (including phenoxy) is 1. The average Bonchev–Trinajstić information content (AvgIpc) is 3.00. The van der Waals surface area contributed by atoms with Crippen molar-refractivity contribution in [2.24, 2.45) is 5.92 Å². The highest BCUT2D eigenvalue weighted by atomic mass is 19.1. The molecule has 8 heteroatoms. The Kier molecular flexibility index (Phi) is 5.25. The zero-order valence-electron chi connectivity index (χ0n) is 13.2. The fourth-order valence-corrected chi connectivity index (χ4v) is 3.16. The van der Waals surface area contributed by atoms with E-state index in [1.807, 2.05) is 0 Å². The van der Waals surface area contributed by atoms with Crippen molar-refractivity contribution in [1.82, 2.24) is 9.80 Å². The first-order chi connectivity index (χ1) is 11.5. The summed E-state index contributed by atoms with van der Waals surface area (Å²) in [6.07, 6.45) is 0.846. The molecule has 2 amide bonds. The lowest BCUT2D eigenvalue weighted by molar-refractivity contribution is 0.0314. The molecular formula is C16H20F3N3O2. The molecule has 2 fully saturated rings. The Labute approximate surface area is 138 Å². The van der Waals surface area contributed by atoms with Gasteiger partial charge in [0, 0.05) is 44.9 Å². The number of nitrogens with one attached hydrogen (secondary N) is 1. The second-order valence-electron chi connectivity index (χ2n) is 6.19. The van der Waals surface area contributed by atoms with Gasteiger partial charge in [0.1, 0.15) is 11.5 Å². The number of benzene rings is 1. The van der Waals surface area contributed by atoms with Crippen molar-refractivity contribution in [3.8, 4) is 0 Å². The van der Waals surface area contributed by atoms with Gasteiger partial charge in [-0.05, 0) is 12.3 Å². The number of anilines is 1. The zero-order chi connectivity index (χ0) is 17.1. The lowest BCUT2D eigenvalue weighted by Crippen LogP contribution is -2.40. The van der Waals surface area contributed by atoms with E-state index in [9.17, 15) is 18.0 Å². The Morgan fingerprint density at radius 1 is 1.17 bits per heavy atom. The van der Waals surface area contributed by atoms with Gasteiger partial charge in [0.15, 0.2) is 11.6 Å². The molecule has 2 heterocycles. The Hall–Kier alpha value is -1.80. The van der Waals surface area contributed by atoms with Crippen LogP contribution in [0.25, 0.3) is 0 Å². The number of halogens is 3. The summed E-state index contributed by atoms with van der Waals surface area (Å²) in [6.45, 7) is 5.16. The Balaban J connectivity index is 1.55. The maximum atomic E-state index is 13.6. The van der Waals surface area contributed by atoms with E-state index in [1.54, 1.807) is 0 Å². The zero-order valence-corrected chi connectivity index (χ0v) is 13.2. The Morgan fingerprint density at radius 2 is 1.83 bits per heavy atom. The van der Waals surface area contributed by atoms with Gasteiger partial charge in [0.25, 0.3) is 0 Å². The molecule has 132 valence electrons. The Morgan fingerprint density at radius 3 is 2.50 bits per heavy atom. The minimum Gasteiger partial charge on any atom is -0.379 e. The molecule has 0 radical (unpaired) electrons. The average molecular weight is 343 g/mol.